The number of nitrogens with two attached hydrogens (primary N) is 1. The molecule has 2 N–H and O–H groups in total. The van der Waals surface area contributed by atoms with Crippen LogP contribution in [0.2, 0.25) is 0 Å². The van der Waals surface area contributed by atoms with Crippen LogP contribution < -0.4 is 5.73 Å². The smallest absolute Gasteiger partial charge is 0.144 e. The van der Waals surface area contributed by atoms with Crippen molar-refractivity contribution in [1.29, 1.82) is 0 Å². The Morgan fingerprint density at radius 1 is 1.39 bits per heavy atom. The summed E-state index contributed by atoms with van der Waals surface area (Å²) in [5, 5.41) is 0. The molecule has 0 aliphatic heterocycles. The SMILES string of the molecule is CCC(CC)(CN)C(=O)Cc1cccc(F)c1Br. The zero-order chi connectivity index (χ0) is 13.8. The fraction of sp³-hybridized carbons (Fsp3) is 0.500. The lowest BCUT2D eigenvalue weighted by Crippen LogP contribution is -2.38. The van der Waals surface area contributed by atoms with E-state index in [0.717, 1.165) is 0 Å². The second kappa shape index (κ2) is 6.43. The van der Waals surface area contributed by atoms with E-state index in [4.69, 9.17) is 5.73 Å². The molecule has 0 unspecified atom stereocenters. The Labute approximate surface area is 116 Å². The summed E-state index contributed by atoms with van der Waals surface area (Å²) in [6.45, 7) is 4.27. The molecular formula is C14H19BrFNO. The maximum Gasteiger partial charge on any atom is 0.144 e. The molecule has 1 rings (SSSR count). The molecule has 0 fully saturated rings. The normalized spacial score (nSPS) is 11.6. The third-order valence-corrected chi connectivity index (χ3v) is 4.61. The molecule has 0 aromatic heterocycles. The number of Topliss-reactive ketones (excluding diaryl/α,β-unsaturated/α-hetero) is 1. The Hall–Kier alpha value is -0.740. The van der Waals surface area contributed by atoms with Gasteiger partial charge in [0.1, 0.15) is 11.6 Å². The fourth-order valence-corrected chi connectivity index (χ4v) is 2.50. The van der Waals surface area contributed by atoms with E-state index in [1.807, 2.05) is 13.8 Å². The van der Waals surface area contributed by atoms with Crippen LogP contribution in [0.15, 0.2) is 22.7 Å². The van der Waals surface area contributed by atoms with E-state index in [1.165, 1.54) is 6.07 Å². The highest BCUT2D eigenvalue weighted by molar-refractivity contribution is 9.10. The zero-order valence-electron chi connectivity index (χ0n) is 10.8. The number of rotatable bonds is 6. The van der Waals surface area contributed by atoms with E-state index < -0.39 is 5.41 Å². The van der Waals surface area contributed by atoms with Crippen LogP contribution in [0.3, 0.4) is 0 Å². The molecule has 4 heteroatoms. The molecular weight excluding hydrogens is 297 g/mol. The predicted molar refractivity (Wildman–Crippen MR) is 74.9 cm³/mol. The molecule has 0 amide bonds. The van der Waals surface area contributed by atoms with Crippen LogP contribution in [-0.2, 0) is 11.2 Å². The molecule has 0 aliphatic rings. The molecule has 0 saturated carbocycles. The zero-order valence-corrected chi connectivity index (χ0v) is 12.4. The Morgan fingerprint density at radius 3 is 2.50 bits per heavy atom. The molecule has 2 nitrogen and oxygen atoms in total. The Balaban J connectivity index is 2.97. The molecule has 0 atom stereocenters. The van der Waals surface area contributed by atoms with Crippen molar-refractivity contribution in [3.05, 3.63) is 34.1 Å². The van der Waals surface area contributed by atoms with Crippen LogP contribution in [0.4, 0.5) is 4.39 Å². The lowest BCUT2D eigenvalue weighted by molar-refractivity contribution is -0.128. The molecule has 1 aromatic rings. The maximum atomic E-state index is 13.4. The van der Waals surface area contributed by atoms with Gasteiger partial charge in [-0.3, -0.25) is 4.79 Å². The summed E-state index contributed by atoms with van der Waals surface area (Å²) < 4.78 is 13.8. The van der Waals surface area contributed by atoms with Gasteiger partial charge in [-0.1, -0.05) is 26.0 Å². The summed E-state index contributed by atoms with van der Waals surface area (Å²) in [6, 6.07) is 4.75. The monoisotopic (exact) mass is 315 g/mol. The lowest BCUT2D eigenvalue weighted by atomic mass is 9.76. The topological polar surface area (TPSA) is 43.1 Å². The number of carbonyl (C=O) groups is 1. The molecule has 0 heterocycles. The first-order chi connectivity index (χ1) is 8.50. The highest BCUT2D eigenvalue weighted by Gasteiger charge is 2.33. The molecule has 0 spiro atoms. The van der Waals surface area contributed by atoms with Gasteiger partial charge in [0.05, 0.1) is 4.47 Å². The average molecular weight is 316 g/mol. The van der Waals surface area contributed by atoms with Crippen molar-refractivity contribution >= 4 is 21.7 Å². The third kappa shape index (κ3) is 2.98. The van der Waals surface area contributed by atoms with Crippen molar-refractivity contribution in [2.45, 2.75) is 33.1 Å². The maximum absolute atomic E-state index is 13.4. The molecule has 0 bridgehead atoms. The van der Waals surface area contributed by atoms with Gasteiger partial charge in [0, 0.05) is 18.4 Å². The number of ketones is 1. The van der Waals surface area contributed by atoms with Gasteiger partial charge in [0.25, 0.3) is 0 Å². The van der Waals surface area contributed by atoms with Gasteiger partial charge in [-0.15, -0.1) is 0 Å². The van der Waals surface area contributed by atoms with Crippen LogP contribution in [0, 0.1) is 11.2 Å². The number of hydrogen-bond donors (Lipinski definition) is 1. The minimum absolute atomic E-state index is 0.0845. The van der Waals surface area contributed by atoms with Gasteiger partial charge < -0.3 is 5.73 Å². The van der Waals surface area contributed by atoms with Gasteiger partial charge in [-0.2, -0.15) is 0 Å². The van der Waals surface area contributed by atoms with Gasteiger partial charge >= 0.3 is 0 Å². The first-order valence-corrected chi connectivity index (χ1v) is 6.96. The molecule has 18 heavy (non-hydrogen) atoms. The third-order valence-electron chi connectivity index (χ3n) is 3.72. The summed E-state index contributed by atoms with van der Waals surface area (Å²) in [6.07, 6.45) is 1.65. The summed E-state index contributed by atoms with van der Waals surface area (Å²) in [5.74, 6) is -0.257. The van der Waals surface area contributed by atoms with Crippen LogP contribution in [0.1, 0.15) is 32.3 Å². The second-order valence-electron chi connectivity index (χ2n) is 4.50. The van der Waals surface area contributed by atoms with E-state index in [1.54, 1.807) is 12.1 Å². The average Bonchev–Trinajstić information content (AvgIpc) is 2.38. The van der Waals surface area contributed by atoms with Gasteiger partial charge in [-0.05, 0) is 40.4 Å². The van der Waals surface area contributed by atoms with Crippen LogP contribution >= 0.6 is 15.9 Å². The Kier molecular flexibility index (Phi) is 5.47. The van der Waals surface area contributed by atoms with Crippen molar-refractivity contribution in [3.8, 4) is 0 Å². The van der Waals surface area contributed by atoms with Gasteiger partial charge in [0.15, 0.2) is 0 Å². The van der Waals surface area contributed by atoms with E-state index in [0.29, 0.717) is 29.4 Å². The van der Waals surface area contributed by atoms with Crippen LogP contribution in [-0.4, -0.2) is 12.3 Å². The fourth-order valence-electron chi connectivity index (χ4n) is 2.09. The highest BCUT2D eigenvalue weighted by Crippen LogP contribution is 2.30. The van der Waals surface area contributed by atoms with Gasteiger partial charge in [0.2, 0.25) is 0 Å². The minimum atomic E-state index is -0.480. The quantitative estimate of drug-likeness (QED) is 0.873. The molecule has 1 aromatic carbocycles. The summed E-state index contributed by atoms with van der Waals surface area (Å²) in [5.41, 5.74) is 5.94. The standard InChI is InChI=1S/C14H19BrFNO/c1-3-14(4-2,9-17)12(18)8-10-6-5-7-11(16)13(10)15/h5-7H,3-4,8-9,17H2,1-2H3. The summed E-state index contributed by atoms with van der Waals surface area (Å²) in [4.78, 5) is 12.4. The van der Waals surface area contributed by atoms with Crippen molar-refractivity contribution in [2.24, 2.45) is 11.1 Å². The molecule has 0 aliphatic carbocycles. The Morgan fingerprint density at radius 2 is 2.00 bits per heavy atom. The number of halogens is 2. The first kappa shape index (κ1) is 15.3. The first-order valence-electron chi connectivity index (χ1n) is 6.17. The minimum Gasteiger partial charge on any atom is -0.329 e. The Bertz CT molecular complexity index is 422. The summed E-state index contributed by atoms with van der Waals surface area (Å²) in [7, 11) is 0. The van der Waals surface area contributed by atoms with Crippen molar-refractivity contribution < 1.29 is 9.18 Å². The van der Waals surface area contributed by atoms with Crippen molar-refractivity contribution in [2.75, 3.05) is 6.54 Å². The van der Waals surface area contributed by atoms with Crippen molar-refractivity contribution in [3.63, 3.8) is 0 Å². The number of hydrogen-bond acceptors (Lipinski definition) is 2. The largest absolute Gasteiger partial charge is 0.329 e. The number of carbonyl (C=O) groups excluding carboxylic acids is 1. The van der Waals surface area contributed by atoms with Crippen LogP contribution in [0.5, 0.6) is 0 Å². The van der Waals surface area contributed by atoms with Crippen LogP contribution in [0.25, 0.3) is 0 Å². The van der Waals surface area contributed by atoms with E-state index in [2.05, 4.69) is 15.9 Å². The van der Waals surface area contributed by atoms with E-state index in [-0.39, 0.29) is 18.0 Å². The molecule has 100 valence electrons. The van der Waals surface area contributed by atoms with E-state index in [9.17, 15) is 9.18 Å². The van der Waals surface area contributed by atoms with Crippen molar-refractivity contribution in [1.82, 2.24) is 0 Å². The lowest BCUT2D eigenvalue weighted by Gasteiger charge is -2.28. The van der Waals surface area contributed by atoms with E-state index >= 15 is 0 Å². The number of benzene rings is 1. The predicted octanol–water partition coefficient (Wildman–Crippen LogP) is 3.46. The van der Waals surface area contributed by atoms with Gasteiger partial charge in [-0.25, -0.2) is 4.39 Å². The molecule has 0 radical (unpaired) electrons. The highest BCUT2D eigenvalue weighted by atomic mass is 79.9. The summed E-state index contributed by atoms with van der Waals surface area (Å²) >= 11 is 3.18. The molecule has 0 saturated heterocycles. The second-order valence-corrected chi connectivity index (χ2v) is 5.30.